The maximum atomic E-state index is 12.2. The molecule has 0 saturated carbocycles. The lowest BCUT2D eigenvalue weighted by Gasteiger charge is -2.32. The molecule has 2 saturated heterocycles. The Morgan fingerprint density at radius 3 is 2.96 bits per heavy atom. The van der Waals surface area contributed by atoms with Gasteiger partial charge in [0, 0.05) is 31.6 Å². The van der Waals surface area contributed by atoms with Crippen molar-refractivity contribution in [1.82, 2.24) is 9.29 Å². The van der Waals surface area contributed by atoms with E-state index in [1.807, 2.05) is 0 Å². The molecule has 0 aliphatic carbocycles. The Bertz CT molecular complexity index is 665. The minimum atomic E-state index is -3.19. The maximum absolute atomic E-state index is 12.2. The van der Waals surface area contributed by atoms with E-state index in [0.29, 0.717) is 38.4 Å². The number of rotatable bonds is 4. The van der Waals surface area contributed by atoms with Gasteiger partial charge in [-0.2, -0.15) is 0 Å². The molecule has 1 amide bonds. The molecule has 2 aliphatic rings. The molecule has 23 heavy (non-hydrogen) atoms. The first-order chi connectivity index (χ1) is 10.9. The fourth-order valence-electron chi connectivity index (χ4n) is 3.43. The third-order valence-corrected chi connectivity index (χ3v) is 5.83. The van der Waals surface area contributed by atoms with E-state index in [1.165, 1.54) is 10.6 Å². The van der Waals surface area contributed by atoms with Crippen molar-refractivity contribution >= 4 is 21.6 Å². The largest absolute Gasteiger partial charge is 0.381 e. The molecule has 2 fully saturated rings. The topological polar surface area (TPSA) is 88.6 Å². The van der Waals surface area contributed by atoms with Crippen molar-refractivity contribution in [2.24, 2.45) is 17.8 Å². The summed E-state index contributed by atoms with van der Waals surface area (Å²) in [6.45, 7) is 2.04. The van der Waals surface area contributed by atoms with E-state index in [0.717, 1.165) is 0 Å². The predicted molar refractivity (Wildman–Crippen MR) is 85.2 cm³/mol. The van der Waals surface area contributed by atoms with Crippen LogP contribution in [0.1, 0.15) is 6.42 Å². The normalized spacial score (nSPS) is 28.3. The Morgan fingerprint density at radius 1 is 1.43 bits per heavy atom. The first-order valence-corrected chi connectivity index (χ1v) is 9.51. The number of anilines is 1. The van der Waals surface area contributed by atoms with Crippen LogP contribution in [0.5, 0.6) is 0 Å². The van der Waals surface area contributed by atoms with E-state index in [1.54, 1.807) is 24.5 Å². The number of aromatic nitrogens is 1. The number of carbonyl (C=O) groups is 1. The summed E-state index contributed by atoms with van der Waals surface area (Å²) in [6, 6.07) is 3.54. The average Bonchev–Trinajstić information content (AvgIpc) is 2.93. The molecule has 1 N–H and O–H groups in total. The van der Waals surface area contributed by atoms with Crippen molar-refractivity contribution in [3.63, 3.8) is 0 Å². The van der Waals surface area contributed by atoms with Crippen molar-refractivity contribution in [1.29, 1.82) is 0 Å². The first kappa shape index (κ1) is 16.4. The lowest BCUT2D eigenvalue weighted by Crippen LogP contribution is -2.37. The standard InChI is InChI=1S/C15H21N3O4S/c1-23(20,21)18-7-12-10-22-9-11(14(12)8-18)5-15(19)17-13-3-2-4-16-6-13/h2-4,6,11-12,14H,5,7-10H2,1H3,(H,17,19)/t11-,12-,14+/m1/s1. The molecular formula is C15H21N3O4S. The van der Waals surface area contributed by atoms with Crippen LogP contribution in [0.15, 0.2) is 24.5 Å². The first-order valence-electron chi connectivity index (χ1n) is 7.66. The lowest BCUT2D eigenvalue weighted by molar-refractivity contribution is -0.119. The molecule has 0 radical (unpaired) electrons. The summed E-state index contributed by atoms with van der Waals surface area (Å²) in [6.07, 6.45) is 4.80. The number of pyridine rings is 1. The van der Waals surface area contributed by atoms with Crippen LogP contribution in [0.3, 0.4) is 0 Å². The van der Waals surface area contributed by atoms with Gasteiger partial charge in [0.25, 0.3) is 0 Å². The highest BCUT2D eigenvalue weighted by atomic mass is 32.2. The van der Waals surface area contributed by atoms with Crippen molar-refractivity contribution in [3.05, 3.63) is 24.5 Å². The van der Waals surface area contributed by atoms with Gasteiger partial charge in [0.15, 0.2) is 0 Å². The monoisotopic (exact) mass is 339 g/mol. The Hall–Kier alpha value is -1.51. The van der Waals surface area contributed by atoms with Gasteiger partial charge >= 0.3 is 0 Å². The molecule has 7 nitrogen and oxygen atoms in total. The van der Waals surface area contributed by atoms with Gasteiger partial charge < -0.3 is 10.1 Å². The number of nitrogens with zero attached hydrogens (tertiary/aromatic N) is 2. The molecule has 0 unspecified atom stereocenters. The minimum absolute atomic E-state index is 0.0390. The fraction of sp³-hybridized carbons (Fsp3) is 0.600. The van der Waals surface area contributed by atoms with Crippen LogP contribution < -0.4 is 5.32 Å². The molecule has 3 rings (SSSR count). The second-order valence-electron chi connectivity index (χ2n) is 6.30. The van der Waals surface area contributed by atoms with E-state index in [-0.39, 0.29) is 23.7 Å². The molecule has 3 heterocycles. The van der Waals surface area contributed by atoms with Crippen LogP contribution in [0.4, 0.5) is 5.69 Å². The van der Waals surface area contributed by atoms with E-state index >= 15 is 0 Å². The van der Waals surface area contributed by atoms with Crippen LogP contribution in [-0.2, 0) is 19.6 Å². The Morgan fingerprint density at radius 2 is 2.26 bits per heavy atom. The van der Waals surface area contributed by atoms with Crippen LogP contribution in [0, 0.1) is 17.8 Å². The van der Waals surface area contributed by atoms with Crippen molar-refractivity contribution < 1.29 is 17.9 Å². The number of hydrogen-bond acceptors (Lipinski definition) is 5. The number of hydrogen-bond donors (Lipinski definition) is 1. The third-order valence-electron chi connectivity index (χ3n) is 4.59. The highest BCUT2D eigenvalue weighted by Crippen LogP contribution is 2.36. The summed E-state index contributed by atoms with van der Waals surface area (Å²) < 4.78 is 30.6. The van der Waals surface area contributed by atoms with Gasteiger partial charge in [0.2, 0.25) is 15.9 Å². The number of nitrogens with one attached hydrogen (secondary N) is 1. The lowest BCUT2D eigenvalue weighted by atomic mass is 9.81. The summed E-state index contributed by atoms with van der Waals surface area (Å²) in [7, 11) is -3.19. The van der Waals surface area contributed by atoms with Crippen LogP contribution in [0.25, 0.3) is 0 Å². The fourth-order valence-corrected chi connectivity index (χ4v) is 4.33. The summed E-state index contributed by atoms with van der Waals surface area (Å²) in [5.74, 6) is 0.301. The number of ether oxygens (including phenoxy) is 1. The van der Waals surface area contributed by atoms with Crippen LogP contribution in [0.2, 0.25) is 0 Å². The summed E-state index contributed by atoms with van der Waals surface area (Å²) >= 11 is 0. The number of fused-ring (bicyclic) bond motifs is 1. The van der Waals surface area contributed by atoms with Gasteiger partial charge in [-0.1, -0.05) is 0 Å². The van der Waals surface area contributed by atoms with Gasteiger partial charge in [0.05, 0.1) is 31.4 Å². The van der Waals surface area contributed by atoms with Crippen LogP contribution in [-0.4, -0.2) is 56.2 Å². The molecule has 8 heteroatoms. The Kier molecular flexibility index (Phi) is 4.65. The molecule has 126 valence electrons. The zero-order valence-corrected chi connectivity index (χ0v) is 13.8. The second-order valence-corrected chi connectivity index (χ2v) is 8.28. The van der Waals surface area contributed by atoms with E-state index in [2.05, 4.69) is 10.3 Å². The van der Waals surface area contributed by atoms with Gasteiger partial charge in [-0.05, 0) is 24.0 Å². The summed E-state index contributed by atoms with van der Waals surface area (Å²) in [4.78, 5) is 16.2. The van der Waals surface area contributed by atoms with Crippen LogP contribution >= 0.6 is 0 Å². The predicted octanol–water partition coefficient (Wildman–Crippen LogP) is 0.564. The van der Waals surface area contributed by atoms with E-state index in [4.69, 9.17) is 4.74 Å². The zero-order chi connectivity index (χ0) is 16.4. The van der Waals surface area contributed by atoms with Crippen molar-refractivity contribution in [2.75, 3.05) is 37.9 Å². The second kappa shape index (κ2) is 6.54. The van der Waals surface area contributed by atoms with E-state index < -0.39 is 10.0 Å². The summed E-state index contributed by atoms with van der Waals surface area (Å²) in [5, 5.41) is 2.82. The molecular weight excluding hydrogens is 318 g/mol. The quantitative estimate of drug-likeness (QED) is 0.866. The molecule has 1 aromatic heterocycles. The molecule has 2 aliphatic heterocycles. The Balaban J connectivity index is 1.62. The van der Waals surface area contributed by atoms with Gasteiger partial charge in [0.1, 0.15) is 0 Å². The highest BCUT2D eigenvalue weighted by molar-refractivity contribution is 7.88. The molecule has 0 bridgehead atoms. The minimum Gasteiger partial charge on any atom is -0.381 e. The molecule has 1 aromatic rings. The third kappa shape index (κ3) is 3.88. The smallest absolute Gasteiger partial charge is 0.224 e. The zero-order valence-electron chi connectivity index (χ0n) is 13.0. The van der Waals surface area contributed by atoms with Gasteiger partial charge in [-0.25, -0.2) is 12.7 Å². The maximum Gasteiger partial charge on any atom is 0.224 e. The van der Waals surface area contributed by atoms with Gasteiger partial charge in [-0.3, -0.25) is 9.78 Å². The Labute approximate surface area is 136 Å². The summed E-state index contributed by atoms with van der Waals surface area (Å²) in [5.41, 5.74) is 0.662. The number of amides is 1. The van der Waals surface area contributed by atoms with Crippen molar-refractivity contribution in [3.8, 4) is 0 Å². The highest BCUT2D eigenvalue weighted by Gasteiger charge is 2.44. The molecule has 0 spiro atoms. The van der Waals surface area contributed by atoms with E-state index in [9.17, 15) is 13.2 Å². The molecule has 3 atom stereocenters. The van der Waals surface area contributed by atoms with Crippen molar-refractivity contribution in [2.45, 2.75) is 6.42 Å². The SMILES string of the molecule is CS(=O)(=O)N1C[C@@H]2COC[C@@H](CC(=O)Nc3cccnc3)[C@@H]2C1. The number of carbonyl (C=O) groups excluding carboxylic acids is 1. The molecule has 0 aromatic carbocycles. The number of sulfonamides is 1. The average molecular weight is 339 g/mol. The van der Waals surface area contributed by atoms with Gasteiger partial charge in [-0.15, -0.1) is 0 Å².